The molecule has 7 nitrogen and oxygen atoms in total. The molecule has 0 saturated heterocycles. The number of Topliss-reactive ketones (excluding diaryl/α,β-unsaturated/α-hetero) is 1. The zero-order chi connectivity index (χ0) is 21.5. The molecule has 0 aliphatic rings. The Bertz CT molecular complexity index is 1120. The van der Waals surface area contributed by atoms with E-state index in [1.54, 1.807) is 54.6 Å². The minimum absolute atomic E-state index is 0.146. The maximum atomic E-state index is 12.6. The number of rotatable bonds is 6. The molecule has 3 rings (SSSR count). The lowest BCUT2D eigenvalue weighted by Crippen LogP contribution is -2.24. The van der Waals surface area contributed by atoms with Crippen LogP contribution >= 0.6 is 0 Å². The first kappa shape index (κ1) is 20.6. The van der Waals surface area contributed by atoms with E-state index in [4.69, 9.17) is 0 Å². The first-order valence-corrected chi connectivity index (χ1v) is 9.22. The van der Waals surface area contributed by atoms with Crippen LogP contribution in [0.1, 0.15) is 43.6 Å². The average molecular weight is 400 g/mol. The van der Waals surface area contributed by atoms with Crippen LogP contribution in [0.15, 0.2) is 78.2 Å². The predicted molar refractivity (Wildman–Crippen MR) is 115 cm³/mol. The van der Waals surface area contributed by atoms with Crippen molar-refractivity contribution in [3.63, 3.8) is 0 Å². The van der Waals surface area contributed by atoms with Gasteiger partial charge in [-0.25, -0.2) is 5.43 Å². The van der Waals surface area contributed by atoms with Gasteiger partial charge in [0.1, 0.15) is 5.71 Å². The molecule has 3 aromatic rings. The highest BCUT2D eigenvalue weighted by Gasteiger charge is 2.15. The molecule has 0 saturated carbocycles. The van der Waals surface area contributed by atoms with Crippen molar-refractivity contribution in [2.45, 2.75) is 13.8 Å². The van der Waals surface area contributed by atoms with Crippen LogP contribution in [-0.4, -0.2) is 28.3 Å². The molecule has 2 N–H and O–H groups in total. The molecule has 7 heteroatoms. The van der Waals surface area contributed by atoms with E-state index < -0.39 is 5.91 Å². The Kier molecular flexibility index (Phi) is 6.44. The Morgan fingerprint density at radius 2 is 1.60 bits per heavy atom. The molecule has 150 valence electrons. The fraction of sp³-hybridized carbons (Fsp3) is 0.0870. The number of aryl methyl sites for hydroxylation is 1. The van der Waals surface area contributed by atoms with E-state index in [0.717, 1.165) is 5.56 Å². The van der Waals surface area contributed by atoms with E-state index in [2.05, 4.69) is 20.8 Å². The monoisotopic (exact) mass is 400 g/mol. The molecule has 0 bridgehead atoms. The summed E-state index contributed by atoms with van der Waals surface area (Å²) in [5, 5.41) is 6.64. The van der Waals surface area contributed by atoms with E-state index in [1.165, 1.54) is 19.3 Å². The van der Waals surface area contributed by atoms with Gasteiger partial charge < -0.3 is 5.32 Å². The first-order valence-electron chi connectivity index (χ1n) is 9.22. The largest absolute Gasteiger partial charge is 0.321 e. The maximum absolute atomic E-state index is 12.6. The summed E-state index contributed by atoms with van der Waals surface area (Å²) in [6.45, 7) is 3.42. The zero-order valence-corrected chi connectivity index (χ0v) is 16.5. The van der Waals surface area contributed by atoms with E-state index >= 15 is 0 Å². The third-order valence-electron chi connectivity index (χ3n) is 4.30. The number of hydrogen-bond donors (Lipinski definition) is 2. The first-order chi connectivity index (χ1) is 14.5. The van der Waals surface area contributed by atoms with Crippen molar-refractivity contribution >= 4 is 29.0 Å². The number of ketones is 1. The van der Waals surface area contributed by atoms with Crippen molar-refractivity contribution in [2.75, 3.05) is 5.32 Å². The number of pyridine rings is 1. The standard InChI is InChI=1S/C23H20N4O3/c1-15-6-5-7-18(14-15)21(28)16(2)26-27-23(30)19-8-3-4-9-20(19)25-22(29)17-10-12-24-13-11-17/h3-14H,1-2H3,(H,25,29)(H,27,30)/b26-16-. The Balaban J connectivity index is 1.73. The van der Waals surface area contributed by atoms with Crippen molar-refractivity contribution in [3.05, 3.63) is 95.3 Å². The van der Waals surface area contributed by atoms with Gasteiger partial charge in [-0.3, -0.25) is 19.4 Å². The van der Waals surface area contributed by atoms with Crippen LogP contribution in [0.2, 0.25) is 0 Å². The Morgan fingerprint density at radius 3 is 2.33 bits per heavy atom. The molecule has 0 aliphatic heterocycles. The molecule has 2 aromatic carbocycles. The minimum Gasteiger partial charge on any atom is -0.321 e. The molecular weight excluding hydrogens is 380 g/mol. The number of nitrogens with one attached hydrogen (secondary N) is 2. The van der Waals surface area contributed by atoms with Crippen molar-refractivity contribution in [2.24, 2.45) is 5.10 Å². The van der Waals surface area contributed by atoms with Crippen molar-refractivity contribution in [3.8, 4) is 0 Å². The van der Waals surface area contributed by atoms with E-state index in [9.17, 15) is 14.4 Å². The summed E-state index contributed by atoms with van der Waals surface area (Å²) in [6, 6.07) is 16.8. The molecule has 0 atom stereocenters. The van der Waals surface area contributed by atoms with Crippen molar-refractivity contribution in [1.29, 1.82) is 0 Å². The number of carbonyl (C=O) groups is 3. The molecular formula is C23H20N4O3. The van der Waals surface area contributed by atoms with Crippen LogP contribution in [0, 0.1) is 6.92 Å². The normalized spacial score (nSPS) is 10.9. The second-order valence-corrected chi connectivity index (χ2v) is 6.57. The summed E-state index contributed by atoms with van der Waals surface area (Å²) in [4.78, 5) is 41.3. The fourth-order valence-corrected chi connectivity index (χ4v) is 2.73. The minimum atomic E-state index is -0.544. The van der Waals surface area contributed by atoms with Gasteiger partial charge in [0.05, 0.1) is 11.3 Å². The Hall–Kier alpha value is -4.13. The number of carbonyl (C=O) groups excluding carboxylic acids is 3. The van der Waals surface area contributed by atoms with Crippen molar-refractivity contribution in [1.82, 2.24) is 10.4 Å². The van der Waals surface area contributed by atoms with Crippen LogP contribution in [-0.2, 0) is 0 Å². The summed E-state index contributed by atoms with van der Waals surface area (Å²) in [5.74, 6) is -1.19. The molecule has 0 fully saturated rings. The Labute approximate surface area is 173 Å². The number of para-hydroxylation sites is 1. The van der Waals surface area contributed by atoms with Gasteiger partial charge in [0, 0.05) is 23.5 Å². The quantitative estimate of drug-likeness (QED) is 0.375. The number of hydrogen-bond acceptors (Lipinski definition) is 5. The lowest BCUT2D eigenvalue weighted by molar-refractivity contribution is 0.0955. The molecule has 30 heavy (non-hydrogen) atoms. The smallest absolute Gasteiger partial charge is 0.273 e. The molecule has 2 amide bonds. The van der Waals surface area contributed by atoms with Crippen LogP contribution in [0.4, 0.5) is 5.69 Å². The van der Waals surface area contributed by atoms with Crippen molar-refractivity contribution < 1.29 is 14.4 Å². The van der Waals surface area contributed by atoms with Gasteiger partial charge in [0.15, 0.2) is 0 Å². The summed E-state index contributed by atoms with van der Waals surface area (Å²) in [6.07, 6.45) is 3.02. The topological polar surface area (TPSA) is 101 Å². The fourth-order valence-electron chi connectivity index (χ4n) is 2.73. The summed E-state index contributed by atoms with van der Waals surface area (Å²) >= 11 is 0. The van der Waals surface area contributed by atoms with Crippen LogP contribution < -0.4 is 10.7 Å². The lowest BCUT2D eigenvalue weighted by atomic mass is 10.1. The zero-order valence-electron chi connectivity index (χ0n) is 16.5. The number of amides is 2. The highest BCUT2D eigenvalue weighted by Crippen LogP contribution is 2.16. The Morgan fingerprint density at radius 1 is 0.867 bits per heavy atom. The van der Waals surface area contributed by atoms with E-state index in [1.807, 2.05) is 13.0 Å². The van der Waals surface area contributed by atoms with Crippen LogP contribution in [0.5, 0.6) is 0 Å². The highest BCUT2D eigenvalue weighted by molar-refractivity contribution is 6.45. The molecule has 0 aliphatic carbocycles. The lowest BCUT2D eigenvalue weighted by Gasteiger charge is -2.10. The second-order valence-electron chi connectivity index (χ2n) is 6.57. The molecule has 0 spiro atoms. The summed E-state index contributed by atoms with van der Waals surface area (Å²) in [7, 11) is 0. The SMILES string of the molecule is C/C(=N/NC(=O)c1ccccc1NC(=O)c1ccncc1)C(=O)c1cccc(C)c1. The van der Waals surface area contributed by atoms with Gasteiger partial charge in [0.2, 0.25) is 5.78 Å². The third-order valence-corrected chi connectivity index (χ3v) is 4.30. The number of anilines is 1. The molecule has 0 unspecified atom stereocenters. The highest BCUT2D eigenvalue weighted by atomic mass is 16.2. The predicted octanol–water partition coefficient (Wildman–Crippen LogP) is 3.63. The molecule has 1 aromatic heterocycles. The van der Waals surface area contributed by atoms with Gasteiger partial charge in [-0.05, 0) is 44.2 Å². The maximum Gasteiger partial charge on any atom is 0.273 e. The molecule has 0 radical (unpaired) electrons. The van der Waals surface area contributed by atoms with Crippen LogP contribution in [0.25, 0.3) is 0 Å². The third kappa shape index (κ3) is 5.02. The van der Waals surface area contributed by atoms with Crippen LogP contribution in [0.3, 0.4) is 0 Å². The number of hydrazone groups is 1. The van der Waals surface area contributed by atoms with E-state index in [0.29, 0.717) is 16.8 Å². The summed E-state index contributed by atoms with van der Waals surface area (Å²) in [5.41, 5.74) is 4.95. The van der Waals surface area contributed by atoms with Gasteiger partial charge >= 0.3 is 0 Å². The average Bonchev–Trinajstić information content (AvgIpc) is 2.77. The summed E-state index contributed by atoms with van der Waals surface area (Å²) < 4.78 is 0. The number of benzene rings is 2. The second kappa shape index (κ2) is 9.38. The van der Waals surface area contributed by atoms with E-state index in [-0.39, 0.29) is 23.0 Å². The number of nitrogens with zero attached hydrogens (tertiary/aromatic N) is 2. The molecule has 1 heterocycles. The van der Waals surface area contributed by atoms with Gasteiger partial charge in [-0.1, -0.05) is 35.9 Å². The number of aromatic nitrogens is 1. The van der Waals surface area contributed by atoms with Gasteiger partial charge in [0.25, 0.3) is 11.8 Å². The van der Waals surface area contributed by atoms with Gasteiger partial charge in [-0.2, -0.15) is 5.10 Å². The van der Waals surface area contributed by atoms with Gasteiger partial charge in [-0.15, -0.1) is 0 Å².